The van der Waals surface area contributed by atoms with Crippen LogP contribution in [0.15, 0.2) is 24.5 Å². The molecule has 0 radical (unpaired) electrons. The first-order chi connectivity index (χ1) is 10.6. The van der Waals surface area contributed by atoms with E-state index in [1.165, 1.54) is 0 Å². The van der Waals surface area contributed by atoms with Crippen molar-refractivity contribution in [2.75, 3.05) is 26.3 Å². The number of ether oxygens (including phenoxy) is 2. The number of amides is 1. The zero-order valence-electron chi connectivity index (χ0n) is 12.3. The van der Waals surface area contributed by atoms with Gasteiger partial charge in [-0.1, -0.05) is 0 Å². The molecule has 0 unspecified atom stereocenters. The van der Waals surface area contributed by atoms with Gasteiger partial charge in [0.15, 0.2) is 5.67 Å². The van der Waals surface area contributed by atoms with Crippen LogP contribution in [0, 0.1) is 5.92 Å². The van der Waals surface area contributed by atoms with Crippen molar-refractivity contribution < 1.29 is 18.7 Å². The van der Waals surface area contributed by atoms with Crippen molar-refractivity contribution in [3.63, 3.8) is 0 Å². The van der Waals surface area contributed by atoms with E-state index in [0.717, 1.165) is 12.2 Å². The molecule has 2 aliphatic heterocycles. The highest BCUT2D eigenvalue weighted by atomic mass is 19.1. The molecule has 1 amide bonds. The lowest BCUT2D eigenvalue weighted by atomic mass is 9.81. The van der Waals surface area contributed by atoms with Gasteiger partial charge in [-0.25, -0.2) is 4.39 Å². The molecule has 3 fully saturated rings. The molecule has 2 saturated heterocycles. The normalized spacial score (nSPS) is 27.5. The van der Waals surface area contributed by atoms with Crippen molar-refractivity contribution in [2.45, 2.75) is 30.5 Å². The minimum absolute atomic E-state index is 0.228. The Morgan fingerprint density at radius 2 is 2.32 bits per heavy atom. The van der Waals surface area contributed by atoms with Crippen LogP contribution in [0.4, 0.5) is 4.39 Å². The summed E-state index contributed by atoms with van der Waals surface area (Å²) >= 11 is 0. The van der Waals surface area contributed by atoms with E-state index in [9.17, 15) is 9.18 Å². The Morgan fingerprint density at radius 3 is 3.00 bits per heavy atom. The van der Waals surface area contributed by atoms with E-state index in [0.29, 0.717) is 39.1 Å². The second-order valence-corrected chi connectivity index (χ2v) is 6.53. The SMILES string of the molecule is O=C(N1CC2(C1)OCC[C@H]2COc1cccnc1)C1(F)CC1. The summed E-state index contributed by atoms with van der Waals surface area (Å²) < 4.78 is 25.5. The fourth-order valence-corrected chi connectivity index (χ4v) is 3.35. The zero-order chi connectivity index (χ0) is 15.2. The third-order valence-electron chi connectivity index (χ3n) is 4.96. The summed E-state index contributed by atoms with van der Waals surface area (Å²) in [6.07, 6.45) is 5.02. The molecular weight excluding hydrogens is 287 g/mol. The van der Waals surface area contributed by atoms with Gasteiger partial charge in [-0.05, 0) is 31.4 Å². The van der Waals surface area contributed by atoms with Gasteiger partial charge in [0.2, 0.25) is 0 Å². The number of carbonyl (C=O) groups is 1. The first-order valence-electron chi connectivity index (χ1n) is 7.76. The maximum absolute atomic E-state index is 13.8. The molecule has 1 saturated carbocycles. The van der Waals surface area contributed by atoms with Crippen LogP contribution in [0.3, 0.4) is 0 Å². The van der Waals surface area contributed by atoms with Crippen LogP contribution >= 0.6 is 0 Å². The van der Waals surface area contributed by atoms with Gasteiger partial charge in [0.25, 0.3) is 5.91 Å². The van der Waals surface area contributed by atoms with Crippen LogP contribution in [0.1, 0.15) is 19.3 Å². The lowest BCUT2D eigenvalue weighted by Gasteiger charge is -2.50. The number of pyridine rings is 1. The molecule has 0 N–H and O–H groups in total. The number of hydrogen-bond acceptors (Lipinski definition) is 4. The summed E-state index contributed by atoms with van der Waals surface area (Å²) in [5, 5.41) is 0. The van der Waals surface area contributed by atoms with Crippen LogP contribution in [-0.2, 0) is 9.53 Å². The number of rotatable bonds is 4. The standard InChI is InChI=1S/C16H19FN2O3/c17-15(4-5-15)14(20)19-10-16(11-19)12(3-7-22-16)9-21-13-2-1-6-18-8-13/h1-2,6,8,12H,3-5,7,9-11H2/t12-/m0/s1. The summed E-state index contributed by atoms with van der Waals surface area (Å²) in [5.41, 5.74) is -1.93. The van der Waals surface area contributed by atoms with E-state index in [-0.39, 0.29) is 17.4 Å². The fraction of sp³-hybridized carbons (Fsp3) is 0.625. The fourth-order valence-electron chi connectivity index (χ4n) is 3.35. The third-order valence-corrected chi connectivity index (χ3v) is 4.96. The predicted octanol–water partition coefficient (Wildman–Crippen LogP) is 1.58. The van der Waals surface area contributed by atoms with E-state index >= 15 is 0 Å². The molecule has 0 aromatic carbocycles. The van der Waals surface area contributed by atoms with E-state index < -0.39 is 5.67 Å². The van der Waals surface area contributed by atoms with Crippen molar-refractivity contribution in [3.8, 4) is 5.75 Å². The third kappa shape index (κ3) is 2.26. The molecular formula is C16H19FN2O3. The van der Waals surface area contributed by atoms with Gasteiger partial charge in [0, 0.05) is 18.7 Å². The molecule has 1 aliphatic carbocycles. The van der Waals surface area contributed by atoms with E-state index in [4.69, 9.17) is 9.47 Å². The molecule has 4 rings (SSSR count). The Morgan fingerprint density at radius 1 is 1.50 bits per heavy atom. The number of hydrogen-bond donors (Lipinski definition) is 0. The van der Waals surface area contributed by atoms with Gasteiger partial charge in [-0.2, -0.15) is 0 Å². The molecule has 0 bridgehead atoms. The molecule has 3 aliphatic rings. The van der Waals surface area contributed by atoms with Crippen LogP contribution in [0.25, 0.3) is 0 Å². The lowest BCUT2D eigenvalue weighted by molar-refractivity contribution is -0.172. The van der Waals surface area contributed by atoms with E-state index in [1.54, 1.807) is 17.3 Å². The van der Waals surface area contributed by atoms with Gasteiger partial charge in [-0.15, -0.1) is 0 Å². The molecule has 5 nitrogen and oxygen atoms in total. The van der Waals surface area contributed by atoms with Crippen LogP contribution < -0.4 is 4.74 Å². The monoisotopic (exact) mass is 306 g/mol. The minimum Gasteiger partial charge on any atom is -0.492 e. The summed E-state index contributed by atoms with van der Waals surface area (Å²) in [7, 11) is 0. The van der Waals surface area contributed by atoms with Gasteiger partial charge in [-0.3, -0.25) is 9.78 Å². The van der Waals surface area contributed by atoms with Crippen molar-refractivity contribution in [2.24, 2.45) is 5.92 Å². The number of alkyl halides is 1. The van der Waals surface area contributed by atoms with Crippen LogP contribution in [0.5, 0.6) is 5.75 Å². The second kappa shape index (κ2) is 4.91. The topological polar surface area (TPSA) is 51.7 Å². The molecule has 6 heteroatoms. The number of likely N-dealkylation sites (tertiary alicyclic amines) is 1. The zero-order valence-corrected chi connectivity index (χ0v) is 12.3. The Kier molecular flexibility index (Phi) is 3.11. The summed E-state index contributed by atoms with van der Waals surface area (Å²) in [6.45, 7) is 2.18. The van der Waals surface area contributed by atoms with Crippen LogP contribution in [0.2, 0.25) is 0 Å². The lowest BCUT2D eigenvalue weighted by Crippen LogP contribution is -2.68. The maximum atomic E-state index is 13.8. The van der Waals surface area contributed by atoms with Gasteiger partial charge in [0.1, 0.15) is 11.4 Å². The molecule has 1 aromatic heterocycles. The second-order valence-electron chi connectivity index (χ2n) is 6.53. The van der Waals surface area contributed by atoms with E-state index in [1.807, 2.05) is 12.1 Å². The van der Waals surface area contributed by atoms with Gasteiger partial charge >= 0.3 is 0 Å². The first-order valence-corrected chi connectivity index (χ1v) is 7.76. The highest BCUT2D eigenvalue weighted by molar-refractivity contribution is 5.88. The minimum atomic E-state index is -1.58. The number of halogens is 1. The number of nitrogens with zero attached hydrogens (tertiary/aromatic N) is 2. The Hall–Kier alpha value is -1.69. The van der Waals surface area contributed by atoms with Crippen molar-refractivity contribution in [1.82, 2.24) is 9.88 Å². The van der Waals surface area contributed by atoms with Crippen LogP contribution in [-0.4, -0.2) is 53.4 Å². The smallest absolute Gasteiger partial charge is 0.260 e. The number of aromatic nitrogens is 1. The average molecular weight is 306 g/mol. The molecule has 118 valence electrons. The highest BCUT2D eigenvalue weighted by Crippen LogP contribution is 2.46. The largest absolute Gasteiger partial charge is 0.492 e. The number of carbonyl (C=O) groups excluding carboxylic acids is 1. The molecule has 3 heterocycles. The molecule has 1 spiro atoms. The Bertz CT molecular complexity index is 570. The molecule has 1 atom stereocenters. The van der Waals surface area contributed by atoms with Crippen molar-refractivity contribution in [3.05, 3.63) is 24.5 Å². The van der Waals surface area contributed by atoms with Gasteiger partial charge in [0.05, 0.1) is 25.9 Å². The Balaban J connectivity index is 1.35. The quantitative estimate of drug-likeness (QED) is 0.847. The summed E-state index contributed by atoms with van der Waals surface area (Å²) in [4.78, 5) is 17.6. The summed E-state index contributed by atoms with van der Waals surface area (Å²) in [5.74, 6) is 0.601. The van der Waals surface area contributed by atoms with Crippen molar-refractivity contribution in [1.29, 1.82) is 0 Å². The summed E-state index contributed by atoms with van der Waals surface area (Å²) in [6, 6.07) is 3.70. The predicted molar refractivity (Wildman–Crippen MR) is 76.2 cm³/mol. The molecule has 1 aromatic rings. The Labute approximate surface area is 128 Å². The molecule has 22 heavy (non-hydrogen) atoms. The first kappa shape index (κ1) is 13.9. The average Bonchev–Trinajstić information content (AvgIpc) is 3.11. The van der Waals surface area contributed by atoms with Gasteiger partial charge < -0.3 is 14.4 Å². The maximum Gasteiger partial charge on any atom is 0.260 e. The highest BCUT2D eigenvalue weighted by Gasteiger charge is 2.60. The van der Waals surface area contributed by atoms with Crippen molar-refractivity contribution >= 4 is 5.91 Å². The van der Waals surface area contributed by atoms with E-state index in [2.05, 4.69) is 4.98 Å².